The Labute approximate surface area is 183 Å². The Kier molecular flexibility index (Phi) is 6.40. The third-order valence-corrected chi connectivity index (χ3v) is 6.32. The molecule has 0 saturated carbocycles. The number of urea groups is 1. The highest BCUT2D eigenvalue weighted by Crippen LogP contribution is 2.22. The van der Waals surface area contributed by atoms with Crippen molar-refractivity contribution in [1.29, 1.82) is 0 Å². The van der Waals surface area contributed by atoms with Crippen molar-refractivity contribution < 1.29 is 18.0 Å². The van der Waals surface area contributed by atoms with Gasteiger partial charge in [-0.2, -0.15) is 0 Å². The highest BCUT2D eigenvalue weighted by atomic mass is 35.5. The summed E-state index contributed by atoms with van der Waals surface area (Å²) in [5.74, 6) is -0.662. The molecule has 3 amide bonds. The number of rotatable bonds is 4. The maximum Gasteiger partial charge on any atom is 0.326 e. The second-order valence-corrected chi connectivity index (χ2v) is 8.92. The number of anilines is 1. The van der Waals surface area contributed by atoms with Crippen LogP contribution in [-0.2, 0) is 9.84 Å². The Morgan fingerprint density at radius 2 is 1.67 bits per heavy atom. The quantitative estimate of drug-likeness (QED) is 0.592. The van der Waals surface area contributed by atoms with Crippen LogP contribution in [0.1, 0.15) is 15.9 Å². The molecule has 0 aliphatic rings. The van der Waals surface area contributed by atoms with E-state index in [9.17, 15) is 18.0 Å². The molecule has 0 saturated heterocycles. The molecule has 3 rings (SSSR count). The Morgan fingerprint density at radius 1 is 0.967 bits per heavy atom. The van der Waals surface area contributed by atoms with Crippen LogP contribution in [-0.4, -0.2) is 25.3 Å². The van der Waals surface area contributed by atoms with Crippen molar-refractivity contribution in [2.24, 2.45) is 0 Å². The van der Waals surface area contributed by atoms with Crippen molar-refractivity contribution in [3.63, 3.8) is 0 Å². The first-order valence-corrected chi connectivity index (χ1v) is 10.8. The summed E-state index contributed by atoms with van der Waals surface area (Å²) >= 11 is 11.8. The van der Waals surface area contributed by atoms with Gasteiger partial charge in [-0.05, 0) is 55.0 Å². The Morgan fingerprint density at radius 3 is 2.27 bits per heavy atom. The molecule has 0 atom stereocenters. The number of carbonyl (C=O) groups excluding carboxylic acids is 2. The van der Waals surface area contributed by atoms with E-state index in [0.717, 1.165) is 0 Å². The lowest BCUT2D eigenvalue weighted by atomic mass is 10.1. The third-order valence-electron chi connectivity index (χ3n) is 4.07. The molecule has 3 aromatic rings. The van der Waals surface area contributed by atoms with Crippen LogP contribution in [0.15, 0.2) is 70.7 Å². The number of sulfone groups is 1. The lowest BCUT2D eigenvalue weighted by molar-refractivity contribution is 0.0966. The number of pyridine rings is 1. The predicted octanol–water partition coefficient (Wildman–Crippen LogP) is 4.49. The van der Waals surface area contributed by atoms with Gasteiger partial charge in [-0.1, -0.05) is 35.3 Å². The van der Waals surface area contributed by atoms with E-state index in [1.54, 1.807) is 25.1 Å². The van der Waals surface area contributed by atoms with Gasteiger partial charge in [-0.25, -0.2) is 18.2 Å². The number of nitrogens with one attached hydrogen (secondary N) is 2. The first-order chi connectivity index (χ1) is 14.2. The molecule has 0 unspecified atom stereocenters. The van der Waals surface area contributed by atoms with E-state index in [0.29, 0.717) is 10.6 Å². The number of imide groups is 1. The van der Waals surface area contributed by atoms with Crippen molar-refractivity contribution in [3.05, 3.63) is 82.0 Å². The Balaban J connectivity index is 1.70. The zero-order valence-electron chi connectivity index (χ0n) is 15.5. The molecular weight excluding hydrogens is 449 g/mol. The van der Waals surface area contributed by atoms with E-state index in [-0.39, 0.29) is 26.2 Å². The zero-order valence-corrected chi connectivity index (χ0v) is 17.8. The Bertz CT molecular complexity index is 1190. The molecule has 0 bridgehead atoms. The second-order valence-electron chi connectivity index (χ2n) is 6.18. The monoisotopic (exact) mass is 463 g/mol. The molecule has 1 heterocycles. The minimum absolute atomic E-state index is 0.0403. The molecule has 1 aromatic heterocycles. The fourth-order valence-corrected chi connectivity index (χ4v) is 4.20. The predicted molar refractivity (Wildman–Crippen MR) is 114 cm³/mol. The van der Waals surface area contributed by atoms with Crippen molar-refractivity contribution >= 4 is 50.7 Å². The van der Waals surface area contributed by atoms with Crippen LogP contribution in [0.3, 0.4) is 0 Å². The lowest BCUT2D eigenvalue weighted by Gasteiger charge is -2.10. The van der Waals surface area contributed by atoms with Crippen LogP contribution < -0.4 is 10.6 Å². The summed E-state index contributed by atoms with van der Waals surface area (Å²) in [6.45, 7) is 1.70. The van der Waals surface area contributed by atoms with Crippen molar-refractivity contribution in [3.8, 4) is 0 Å². The van der Waals surface area contributed by atoms with Gasteiger partial charge >= 0.3 is 6.03 Å². The summed E-state index contributed by atoms with van der Waals surface area (Å²) in [6.07, 6.45) is 1.17. The summed E-state index contributed by atoms with van der Waals surface area (Å²) in [6, 6.07) is 12.4. The molecular formula is C20H15Cl2N3O4S. The van der Waals surface area contributed by atoms with Crippen LogP contribution in [0, 0.1) is 6.92 Å². The summed E-state index contributed by atoms with van der Waals surface area (Å²) < 4.78 is 25.2. The molecule has 0 fully saturated rings. The van der Waals surface area contributed by atoms with Gasteiger partial charge in [0.05, 0.1) is 27.4 Å². The van der Waals surface area contributed by atoms with Crippen molar-refractivity contribution in [1.82, 2.24) is 10.3 Å². The highest BCUT2D eigenvalue weighted by Gasteiger charge is 2.20. The molecule has 0 spiro atoms. The van der Waals surface area contributed by atoms with Gasteiger partial charge in [-0.15, -0.1) is 0 Å². The van der Waals surface area contributed by atoms with Gasteiger partial charge in [0, 0.05) is 5.02 Å². The number of amides is 3. The summed E-state index contributed by atoms with van der Waals surface area (Å²) in [5, 5.41) is 5.03. The molecule has 10 heteroatoms. The van der Waals surface area contributed by atoms with Crippen molar-refractivity contribution in [2.45, 2.75) is 16.8 Å². The number of hydrogen-bond donors (Lipinski definition) is 2. The number of benzene rings is 2. The van der Waals surface area contributed by atoms with Crippen molar-refractivity contribution in [2.75, 3.05) is 5.32 Å². The van der Waals surface area contributed by atoms with E-state index in [2.05, 4.69) is 15.6 Å². The average Bonchev–Trinajstić information content (AvgIpc) is 2.68. The molecule has 2 N–H and O–H groups in total. The maximum atomic E-state index is 12.6. The number of carbonyl (C=O) groups is 2. The number of hydrogen-bond acceptors (Lipinski definition) is 5. The van der Waals surface area contributed by atoms with Gasteiger partial charge in [0.15, 0.2) is 5.03 Å². The maximum absolute atomic E-state index is 12.6. The standard InChI is InChI=1S/C20H15Cl2N3O4S/c1-12-3-2-4-16(22)18(12)19(26)25-20(27)24-14-7-10-17(23-11-14)30(28,29)15-8-5-13(21)6-9-15/h2-11H,1H3,(H2,24,25,26,27). The largest absolute Gasteiger partial charge is 0.326 e. The number of nitrogens with zero attached hydrogens (tertiary/aromatic N) is 1. The first-order valence-electron chi connectivity index (χ1n) is 8.52. The van der Waals surface area contributed by atoms with E-state index in [1.807, 2.05) is 0 Å². The molecule has 0 aliphatic heterocycles. The molecule has 2 aromatic carbocycles. The summed E-state index contributed by atoms with van der Waals surface area (Å²) in [7, 11) is -3.83. The van der Waals surface area contributed by atoms with E-state index in [1.165, 1.54) is 42.6 Å². The molecule has 154 valence electrons. The van der Waals surface area contributed by atoms with Crippen LogP contribution in [0.2, 0.25) is 10.0 Å². The fourth-order valence-electron chi connectivity index (χ4n) is 2.60. The normalized spacial score (nSPS) is 11.0. The van der Waals surface area contributed by atoms with E-state index >= 15 is 0 Å². The highest BCUT2D eigenvalue weighted by molar-refractivity contribution is 7.91. The van der Waals surface area contributed by atoms with Crippen LogP contribution in [0.5, 0.6) is 0 Å². The Hall–Kier alpha value is -2.94. The topological polar surface area (TPSA) is 105 Å². The molecule has 30 heavy (non-hydrogen) atoms. The summed E-state index contributed by atoms with van der Waals surface area (Å²) in [5.41, 5.74) is 1.01. The van der Waals surface area contributed by atoms with Gasteiger partial charge < -0.3 is 5.32 Å². The van der Waals surface area contributed by atoms with Gasteiger partial charge in [0.2, 0.25) is 9.84 Å². The fraction of sp³-hybridized carbons (Fsp3) is 0.0500. The van der Waals surface area contributed by atoms with E-state index in [4.69, 9.17) is 23.2 Å². The molecule has 0 aliphatic carbocycles. The average molecular weight is 464 g/mol. The smallest absolute Gasteiger partial charge is 0.306 e. The van der Waals surface area contributed by atoms with Gasteiger partial charge in [-0.3, -0.25) is 10.1 Å². The lowest BCUT2D eigenvalue weighted by Crippen LogP contribution is -2.34. The van der Waals surface area contributed by atoms with Crippen LogP contribution in [0.25, 0.3) is 0 Å². The first kappa shape index (κ1) is 21.8. The number of aromatic nitrogens is 1. The van der Waals surface area contributed by atoms with Crippen LogP contribution >= 0.6 is 23.2 Å². The number of halogens is 2. The van der Waals surface area contributed by atoms with Gasteiger partial charge in [0.25, 0.3) is 5.91 Å². The minimum atomic E-state index is -3.83. The van der Waals surface area contributed by atoms with Crippen LogP contribution in [0.4, 0.5) is 10.5 Å². The minimum Gasteiger partial charge on any atom is -0.306 e. The SMILES string of the molecule is Cc1cccc(Cl)c1C(=O)NC(=O)Nc1ccc(S(=O)(=O)c2ccc(Cl)cc2)nc1. The molecule has 0 radical (unpaired) electrons. The third kappa shape index (κ3) is 4.79. The second kappa shape index (κ2) is 8.83. The van der Waals surface area contributed by atoms with Gasteiger partial charge in [0.1, 0.15) is 0 Å². The van der Waals surface area contributed by atoms with E-state index < -0.39 is 21.8 Å². The summed E-state index contributed by atoms with van der Waals surface area (Å²) in [4.78, 5) is 28.3. The molecule has 7 nitrogen and oxygen atoms in total. The zero-order chi connectivity index (χ0) is 21.9. The number of aryl methyl sites for hydroxylation is 1.